The second kappa shape index (κ2) is 32.8. The molecule has 0 bridgehead atoms. The Morgan fingerprint density at radius 1 is 0.442 bits per heavy atom. The number of methoxy groups -OCH3 is 1. The van der Waals surface area contributed by atoms with Crippen LogP contribution < -0.4 is 22.2 Å². The molecular formula is C94H124N8O16S2. The van der Waals surface area contributed by atoms with Gasteiger partial charge in [0.2, 0.25) is 0 Å². The van der Waals surface area contributed by atoms with E-state index in [1.807, 2.05) is 87.9 Å². The Labute approximate surface area is 713 Å². The van der Waals surface area contributed by atoms with Gasteiger partial charge in [0.1, 0.15) is 23.3 Å². The Morgan fingerprint density at radius 3 is 1.22 bits per heavy atom. The van der Waals surface area contributed by atoms with E-state index in [1.54, 1.807) is 32.5 Å². The minimum Gasteiger partial charge on any atom is -0.468 e. The van der Waals surface area contributed by atoms with Crippen LogP contribution in [0.15, 0.2) is 85.0 Å². The molecule has 16 atom stereocenters. The number of ether oxygens (including phenoxy) is 9. The van der Waals surface area contributed by atoms with E-state index < -0.39 is 34.5 Å². The fraction of sp³-hybridized carbons (Fsp3) is 0.670. The third-order valence-electron chi connectivity index (χ3n) is 32.9. The number of thioether (sulfide) groups is 1. The molecule has 2 N–H and O–H groups in total. The molecule has 1 unspecified atom stereocenters. The van der Waals surface area contributed by atoms with Crippen LogP contribution in [-0.4, -0.2) is 146 Å². The molecule has 10 fully saturated rings. The Bertz CT molecular complexity index is 5230. The topological polar surface area (TPSA) is 288 Å². The molecule has 648 valence electrons. The summed E-state index contributed by atoms with van der Waals surface area (Å²) in [5.74, 6) is 2.00. The summed E-state index contributed by atoms with van der Waals surface area (Å²) in [7, 11) is 6.82. The Hall–Kier alpha value is -6.98. The van der Waals surface area contributed by atoms with Gasteiger partial charge in [-0.2, -0.15) is 0 Å². The zero-order valence-corrected chi connectivity index (χ0v) is 74.6. The van der Waals surface area contributed by atoms with Crippen LogP contribution in [0.3, 0.4) is 0 Å². The lowest BCUT2D eigenvalue weighted by Crippen LogP contribution is -2.58. The predicted octanol–water partition coefficient (Wildman–Crippen LogP) is 13.6. The van der Waals surface area contributed by atoms with E-state index >= 15 is 0 Å². The number of ketones is 2. The zero-order valence-electron chi connectivity index (χ0n) is 73.0. The highest BCUT2D eigenvalue weighted by molar-refractivity contribution is 7.98. The summed E-state index contributed by atoms with van der Waals surface area (Å²) < 4.78 is 58.4. The van der Waals surface area contributed by atoms with E-state index in [4.69, 9.17) is 69.8 Å². The zero-order chi connectivity index (χ0) is 85.2. The molecule has 8 heterocycles. The van der Waals surface area contributed by atoms with E-state index in [1.165, 1.54) is 7.11 Å². The minimum atomic E-state index is -0.595. The fourth-order valence-electron chi connectivity index (χ4n) is 25.8. The van der Waals surface area contributed by atoms with Crippen LogP contribution in [-0.2, 0) is 126 Å². The molecule has 20 rings (SSSR count). The van der Waals surface area contributed by atoms with Gasteiger partial charge in [-0.1, -0.05) is 142 Å². The van der Waals surface area contributed by atoms with Crippen molar-refractivity contribution in [1.29, 1.82) is 0 Å². The lowest BCUT2D eigenvalue weighted by molar-refractivity contribution is -0.244. The number of rotatable bonds is 4. The van der Waals surface area contributed by atoms with Crippen molar-refractivity contribution in [3.8, 4) is 22.8 Å². The van der Waals surface area contributed by atoms with Crippen LogP contribution >= 0.6 is 24.0 Å². The maximum absolute atomic E-state index is 13.2. The molecule has 14 aliphatic rings. The SMILES string of the molecule is COC(=O)C1CC[C@H]2[C@H](C)C3(CC[C@]2(C)C1=O)OCCO3.CSc1nc2c(c(=O)n1C)CC[C@H]1[C@H](C)C3(CC[C@]21C)OCCO3.C[C@@H]1C(=O)CC[C@]2(C)c3nc(-c4ccccc4)n(C)c(=O)c3CC[C@@H]12.C[C@H]1[C@@H]2CCc3c([nH]c(=S)[nH]c3=O)[C@@]2(C)CCC12OCCO2.C[C@H]1[C@@H]2CCc3c(nc(-c4ccccc4)n(C)c3=O)[C@@]2(C)CCC12OCCO2. The monoisotopic (exact) mass is 1680 g/mol. The van der Waals surface area contributed by atoms with Gasteiger partial charge in [-0.25, -0.2) is 15.0 Å². The van der Waals surface area contributed by atoms with E-state index in [9.17, 15) is 33.6 Å². The molecule has 6 saturated carbocycles. The number of hydrogen-bond acceptors (Lipinski definition) is 21. The van der Waals surface area contributed by atoms with Crippen molar-refractivity contribution in [2.24, 2.45) is 91.7 Å². The summed E-state index contributed by atoms with van der Waals surface area (Å²) in [6.07, 6.45) is 18.7. The van der Waals surface area contributed by atoms with Crippen molar-refractivity contribution in [3.63, 3.8) is 0 Å². The Balaban J connectivity index is 0.000000112. The summed E-state index contributed by atoms with van der Waals surface area (Å²) in [4.78, 5) is 109. The van der Waals surface area contributed by atoms with Crippen LogP contribution in [0.25, 0.3) is 22.8 Å². The first-order valence-electron chi connectivity index (χ1n) is 44.3. The average Bonchev–Trinajstić information content (AvgIpc) is 1.22. The van der Waals surface area contributed by atoms with Crippen LogP contribution in [0, 0.1) is 75.3 Å². The van der Waals surface area contributed by atoms with Crippen LogP contribution in [0.2, 0.25) is 0 Å². The third-order valence-corrected chi connectivity index (χ3v) is 33.8. The smallest absolute Gasteiger partial charge is 0.316 e. The van der Waals surface area contributed by atoms with Crippen molar-refractivity contribution < 1.29 is 57.0 Å². The number of fused-ring (bicyclic) bond motifs is 13. The molecule has 26 heteroatoms. The van der Waals surface area contributed by atoms with Gasteiger partial charge in [-0.15, -0.1) is 0 Å². The maximum atomic E-state index is 13.2. The number of carbonyl (C=O) groups is 3. The van der Waals surface area contributed by atoms with E-state index in [0.29, 0.717) is 112 Å². The number of carbonyl (C=O) groups excluding carboxylic acids is 3. The number of nitrogens with one attached hydrogen (secondary N) is 2. The number of aromatic nitrogens is 8. The molecule has 4 saturated heterocycles. The second-order valence-corrected chi connectivity index (χ2v) is 39.5. The summed E-state index contributed by atoms with van der Waals surface area (Å²) in [5, 5.41) is 0.807. The third kappa shape index (κ3) is 14.2. The molecule has 4 aromatic heterocycles. The summed E-state index contributed by atoms with van der Waals surface area (Å²) >= 11 is 6.74. The van der Waals surface area contributed by atoms with Crippen LogP contribution in [0.1, 0.15) is 217 Å². The summed E-state index contributed by atoms with van der Waals surface area (Å²) in [6, 6.07) is 19.9. The fourth-order valence-corrected chi connectivity index (χ4v) is 26.6. The predicted molar refractivity (Wildman–Crippen MR) is 457 cm³/mol. The molecular weight excluding hydrogens is 1560 g/mol. The number of benzene rings is 2. The molecule has 24 nitrogen and oxygen atoms in total. The Morgan fingerprint density at radius 2 is 0.800 bits per heavy atom. The number of hydrogen-bond donors (Lipinski definition) is 2. The molecule has 4 aliphatic heterocycles. The standard InChI is InChI=1S/C23H28N2O3.C21H24N2O2.C18H26N2O3S.C16H22N2O3S.C16H24O5/c1-15-18-10-9-17-19(22(18,2)11-12-23(15)27-13-14-28-23)24-20(25(3)21(17)26)16-7-5-4-6-8-16;1-13-16-10-9-15-18(21(16,2)12-11-17(13)24)22-19(23(3)20(15)25)14-7-5-4-6-8-14;1-11-13-6-5-12-14(19-16(24-4)20(3)15(12)21)17(13,2)7-8-18(11)22-9-10-23-18;1-9-11-4-3-10-12(17-14(22)18-13(10)19)15(11,2)5-6-16(9)20-7-8-21-16;1-10-12-5-4-11(14(18)19-3)13(17)15(12,2)6-7-16(10)20-8-9-21-16/h4-8,15,18H,9-14H2,1-3H3;4-8,13,16H,9-12H2,1-3H3;11,13H,5-10H2,1-4H3;9,11H,3-8H2,1-2H3,(H2,17,18,19,22);10-12H,4-9H2,1-3H3/t15-,18-,22-;13-,16-,21-;11-,13-,17-;9-,11-,15-;10-,11?,12-,15-/m00000/s1. The molecule has 6 aromatic rings. The number of Topliss-reactive ketones (excluding diaryl/α,β-unsaturated/α-hetero) is 2. The van der Waals surface area contributed by atoms with Gasteiger partial charge in [0, 0.05) is 149 Å². The lowest BCUT2D eigenvalue weighted by atomic mass is 9.53. The normalized spacial score (nSPS) is 33.9. The summed E-state index contributed by atoms with van der Waals surface area (Å²) in [6.45, 7) is 27.4. The van der Waals surface area contributed by atoms with Crippen molar-refractivity contribution in [3.05, 3.63) is 152 Å². The summed E-state index contributed by atoms with van der Waals surface area (Å²) in [5.41, 5.74) is 8.88. The molecule has 4 spiro atoms. The number of H-pyrrole nitrogens is 2. The second-order valence-electron chi connectivity index (χ2n) is 38.3. The largest absolute Gasteiger partial charge is 0.468 e. The number of aromatic amines is 2. The first-order chi connectivity index (χ1) is 57.2. The molecule has 10 aliphatic carbocycles. The highest BCUT2D eigenvalue weighted by atomic mass is 32.2. The van der Waals surface area contributed by atoms with Gasteiger partial charge >= 0.3 is 5.97 Å². The molecule has 0 radical (unpaired) electrons. The minimum absolute atomic E-state index is 0.0280. The van der Waals surface area contributed by atoms with Gasteiger partial charge in [0.15, 0.2) is 38.9 Å². The number of esters is 1. The van der Waals surface area contributed by atoms with E-state index in [2.05, 4.69) is 72.3 Å². The maximum Gasteiger partial charge on any atom is 0.316 e. The van der Waals surface area contributed by atoms with Crippen molar-refractivity contribution >= 4 is 41.5 Å². The van der Waals surface area contributed by atoms with Gasteiger partial charge in [-0.3, -0.25) is 52.2 Å². The molecule has 120 heavy (non-hydrogen) atoms. The lowest BCUT2D eigenvalue weighted by Gasteiger charge is -2.54. The van der Waals surface area contributed by atoms with E-state index in [0.717, 1.165) is 182 Å². The number of nitrogens with zero attached hydrogens (tertiary/aromatic N) is 6. The van der Waals surface area contributed by atoms with Gasteiger partial charge < -0.3 is 47.6 Å². The van der Waals surface area contributed by atoms with Crippen LogP contribution in [0.4, 0.5) is 0 Å². The quantitative estimate of drug-likeness (QED) is 0.0545. The first-order valence-corrected chi connectivity index (χ1v) is 45.9. The van der Waals surface area contributed by atoms with E-state index in [-0.39, 0.29) is 85.2 Å². The van der Waals surface area contributed by atoms with Gasteiger partial charge in [0.25, 0.3) is 22.2 Å². The highest BCUT2D eigenvalue weighted by Gasteiger charge is 2.64. The van der Waals surface area contributed by atoms with Crippen LogP contribution in [0.5, 0.6) is 0 Å². The first kappa shape index (κ1) is 86.5. The highest BCUT2D eigenvalue weighted by Crippen LogP contribution is 2.62. The van der Waals surface area contributed by atoms with Crippen molar-refractivity contribution in [2.75, 3.05) is 66.2 Å². The Kier molecular flexibility index (Phi) is 23.7. The average molecular weight is 1690 g/mol. The van der Waals surface area contributed by atoms with Crippen molar-refractivity contribution in [2.45, 2.75) is 248 Å². The molecule has 2 aromatic carbocycles. The molecule has 0 amide bonds. The van der Waals surface area contributed by atoms with Gasteiger partial charge in [0.05, 0.1) is 77.0 Å². The van der Waals surface area contributed by atoms with Crippen molar-refractivity contribution in [1.82, 2.24) is 38.6 Å². The van der Waals surface area contributed by atoms with Gasteiger partial charge in [-0.05, 0) is 144 Å².